The summed E-state index contributed by atoms with van der Waals surface area (Å²) in [6, 6.07) is 0. The van der Waals surface area contributed by atoms with Crippen LogP contribution in [-0.2, 0) is 0 Å². The minimum Gasteiger partial charge on any atom is -0.380 e. The Hall–Kier alpha value is -0.460. The Balaban J connectivity index is 2.60. The quantitative estimate of drug-likeness (QED) is 0.559. The first-order valence-electron chi connectivity index (χ1n) is 4.50. The fraction of sp³-hybridized carbons (Fsp3) is 0.800. The van der Waals surface area contributed by atoms with E-state index in [0.717, 1.165) is 17.8 Å². The van der Waals surface area contributed by atoms with E-state index in [1.807, 2.05) is 0 Å². The molecule has 0 radical (unpaired) electrons. The third kappa shape index (κ3) is 1.98. The zero-order chi connectivity index (χ0) is 8.43. The molecule has 1 rings (SSSR count). The fourth-order valence-corrected chi connectivity index (χ4v) is 1.80. The molecule has 64 valence electrons. The lowest BCUT2D eigenvalue weighted by Crippen LogP contribution is -2.32. The highest BCUT2D eigenvalue weighted by atomic mass is 15.1. The van der Waals surface area contributed by atoms with Gasteiger partial charge in [-0.3, -0.25) is 0 Å². The minimum absolute atomic E-state index is 0.756. The van der Waals surface area contributed by atoms with Crippen LogP contribution < -0.4 is 0 Å². The Morgan fingerprint density at radius 1 is 1.45 bits per heavy atom. The normalized spacial score (nSPS) is 31.5. The van der Waals surface area contributed by atoms with Gasteiger partial charge in [-0.05, 0) is 24.0 Å². The summed E-state index contributed by atoms with van der Waals surface area (Å²) in [4.78, 5) is 2.28. The number of nitrogens with zero attached hydrogens (tertiary/aromatic N) is 1. The highest BCUT2D eigenvalue weighted by Gasteiger charge is 2.22. The summed E-state index contributed by atoms with van der Waals surface area (Å²) in [5, 5.41) is 0. The van der Waals surface area contributed by atoms with E-state index in [9.17, 15) is 0 Å². The molecule has 1 heteroatoms. The first kappa shape index (κ1) is 8.63. The predicted octanol–water partition coefficient (Wildman–Crippen LogP) is 2.35. The fourth-order valence-electron chi connectivity index (χ4n) is 1.80. The average molecular weight is 153 g/mol. The maximum Gasteiger partial charge on any atom is 0.0205 e. The summed E-state index contributed by atoms with van der Waals surface area (Å²) >= 11 is 0. The molecular weight excluding hydrogens is 134 g/mol. The maximum absolute atomic E-state index is 2.31. The third-order valence-corrected chi connectivity index (χ3v) is 2.67. The molecule has 0 bridgehead atoms. The zero-order valence-electron chi connectivity index (χ0n) is 8.04. The van der Waals surface area contributed by atoms with E-state index in [1.54, 1.807) is 0 Å². The van der Waals surface area contributed by atoms with Gasteiger partial charge in [0.2, 0.25) is 0 Å². The highest BCUT2D eigenvalue weighted by Crippen LogP contribution is 2.25. The molecule has 0 amide bonds. The SMILES string of the molecule is CC(C)C1CN(C)C=CC1C. The van der Waals surface area contributed by atoms with E-state index in [1.165, 1.54) is 6.54 Å². The van der Waals surface area contributed by atoms with Crippen molar-refractivity contribution in [3.63, 3.8) is 0 Å². The van der Waals surface area contributed by atoms with E-state index in [2.05, 4.69) is 45.0 Å². The second-order valence-corrected chi connectivity index (χ2v) is 4.05. The standard InChI is InChI=1S/C10H19N/c1-8(2)10-7-11(4)6-5-9(10)3/h5-6,8-10H,7H2,1-4H3. The Kier molecular flexibility index (Phi) is 2.58. The largest absolute Gasteiger partial charge is 0.380 e. The number of hydrogen-bond donors (Lipinski definition) is 0. The van der Waals surface area contributed by atoms with Gasteiger partial charge >= 0.3 is 0 Å². The Labute approximate surface area is 70.1 Å². The van der Waals surface area contributed by atoms with Gasteiger partial charge in [0, 0.05) is 13.6 Å². The van der Waals surface area contributed by atoms with Gasteiger partial charge in [0.15, 0.2) is 0 Å². The summed E-state index contributed by atoms with van der Waals surface area (Å²) in [6.07, 6.45) is 4.51. The van der Waals surface area contributed by atoms with Crippen molar-refractivity contribution in [2.24, 2.45) is 17.8 Å². The Morgan fingerprint density at radius 2 is 2.09 bits per heavy atom. The molecule has 0 saturated carbocycles. The van der Waals surface area contributed by atoms with Crippen molar-refractivity contribution < 1.29 is 0 Å². The van der Waals surface area contributed by atoms with Crippen LogP contribution in [0.25, 0.3) is 0 Å². The lowest BCUT2D eigenvalue weighted by Gasteiger charge is -2.33. The second-order valence-electron chi connectivity index (χ2n) is 4.05. The molecule has 0 aliphatic carbocycles. The minimum atomic E-state index is 0.756. The van der Waals surface area contributed by atoms with Crippen LogP contribution in [0, 0.1) is 17.8 Å². The van der Waals surface area contributed by atoms with Gasteiger partial charge in [-0.1, -0.05) is 26.8 Å². The van der Waals surface area contributed by atoms with E-state index in [-0.39, 0.29) is 0 Å². The van der Waals surface area contributed by atoms with Gasteiger partial charge in [0.1, 0.15) is 0 Å². The van der Waals surface area contributed by atoms with Gasteiger partial charge in [-0.2, -0.15) is 0 Å². The lowest BCUT2D eigenvalue weighted by molar-refractivity contribution is 0.221. The number of allylic oxidation sites excluding steroid dienone is 1. The van der Waals surface area contributed by atoms with Crippen molar-refractivity contribution >= 4 is 0 Å². The van der Waals surface area contributed by atoms with Crippen LogP contribution in [0.5, 0.6) is 0 Å². The highest BCUT2D eigenvalue weighted by molar-refractivity contribution is 4.95. The molecule has 0 aromatic rings. The molecule has 1 nitrogen and oxygen atoms in total. The van der Waals surface area contributed by atoms with E-state index < -0.39 is 0 Å². The van der Waals surface area contributed by atoms with Crippen molar-refractivity contribution in [3.05, 3.63) is 12.3 Å². The van der Waals surface area contributed by atoms with Gasteiger partial charge in [-0.25, -0.2) is 0 Å². The first-order valence-corrected chi connectivity index (χ1v) is 4.50. The second kappa shape index (κ2) is 3.29. The Bertz CT molecular complexity index is 149. The average Bonchev–Trinajstić information content (AvgIpc) is 1.94. The number of rotatable bonds is 1. The van der Waals surface area contributed by atoms with Crippen LogP contribution in [-0.4, -0.2) is 18.5 Å². The topological polar surface area (TPSA) is 3.24 Å². The summed E-state index contributed by atoms with van der Waals surface area (Å²) in [6.45, 7) is 8.16. The predicted molar refractivity (Wildman–Crippen MR) is 49.3 cm³/mol. The molecule has 0 N–H and O–H groups in total. The first-order chi connectivity index (χ1) is 5.11. The molecule has 0 saturated heterocycles. The molecule has 0 fully saturated rings. The van der Waals surface area contributed by atoms with Crippen LogP contribution >= 0.6 is 0 Å². The van der Waals surface area contributed by atoms with Crippen molar-refractivity contribution in [1.82, 2.24) is 4.90 Å². The van der Waals surface area contributed by atoms with E-state index in [4.69, 9.17) is 0 Å². The molecule has 1 heterocycles. The van der Waals surface area contributed by atoms with E-state index >= 15 is 0 Å². The van der Waals surface area contributed by atoms with E-state index in [0.29, 0.717) is 0 Å². The monoisotopic (exact) mass is 153 g/mol. The molecule has 1 aliphatic heterocycles. The molecule has 0 aromatic carbocycles. The van der Waals surface area contributed by atoms with Crippen molar-refractivity contribution in [2.75, 3.05) is 13.6 Å². The summed E-state index contributed by atoms with van der Waals surface area (Å²) in [5.74, 6) is 2.40. The summed E-state index contributed by atoms with van der Waals surface area (Å²) < 4.78 is 0. The lowest BCUT2D eigenvalue weighted by atomic mass is 9.82. The van der Waals surface area contributed by atoms with Crippen molar-refractivity contribution in [2.45, 2.75) is 20.8 Å². The Morgan fingerprint density at radius 3 is 2.55 bits per heavy atom. The molecule has 2 unspecified atom stereocenters. The molecule has 0 spiro atoms. The smallest absolute Gasteiger partial charge is 0.0205 e. The van der Waals surface area contributed by atoms with Crippen molar-refractivity contribution in [1.29, 1.82) is 0 Å². The summed E-state index contributed by atoms with van der Waals surface area (Å²) in [7, 11) is 2.15. The van der Waals surface area contributed by atoms with Crippen LogP contribution in [0.3, 0.4) is 0 Å². The van der Waals surface area contributed by atoms with Crippen molar-refractivity contribution in [3.8, 4) is 0 Å². The molecule has 2 atom stereocenters. The third-order valence-electron chi connectivity index (χ3n) is 2.67. The van der Waals surface area contributed by atoms with Gasteiger partial charge in [-0.15, -0.1) is 0 Å². The number of hydrogen-bond acceptors (Lipinski definition) is 1. The van der Waals surface area contributed by atoms with Crippen LogP contribution in [0.1, 0.15) is 20.8 Å². The molecule has 0 aromatic heterocycles. The van der Waals surface area contributed by atoms with Crippen LogP contribution in [0.4, 0.5) is 0 Å². The molecule has 11 heavy (non-hydrogen) atoms. The van der Waals surface area contributed by atoms with Gasteiger partial charge in [0.05, 0.1) is 0 Å². The summed E-state index contributed by atoms with van der Waals surface area (Å²) in [5.41, 5.74) is 0. The van der Waals surface area contributed by atoms with Gasteiger partial charge < -0.3 is 4.90 Å². The van der Waals surface area contributed by atoms with Crippen LogP contribution in [0.2, 0.25) is 0 Å². The molecular formula is C10H19N. The zero-order valence-corrected chi connectivity index (χ0v) is 8.04. The van der Waals surface area contributed by atoms with Gasteiger partial charge in [0.25, 0.3) is 0 Å². The maximum atomic E-state index is 2.31. The van der Waals surface area contributed by atoms with Crippen LogP contribution in [0.15, 0.2) is 12.3 Å². The molecule has 1 aliphatic rings.